The van der Waals surface area contributed by atoms with Crippen LogP contribution in [0.5, 0.6) is 5.75 Å². The minimum atomic E-state index is -0.624. The number of methoxy groups -OCH3 is 2. The minimum Gasteiger partial charge on any atom is -0.508 e. The van der Waals surface area contributed by atoms with Gasteiger partial charge in [0.25, 0.3) is 0 Å². The Labute approximate surface area is 117 Å². The quantitative estimate of drug-likeness (QED) is 0.669. The topological polar surface area (TPSA) is 76.1 Å². The number of hydrogen-bond donors (Lipinski definition) is 1. The van der Waals surface area contributed by atoms with E-state index in [4.69, 9.17) is 9.47 Å². The van der Waals surface area contributed by atoms with Crippen molar-refractivity contribution in [1.82, 2.24) is 0 Å². The van der Waals surface area contributed by atoms with E-state index in [1.54, 1.807) is 29.2 Å². The summed E-state index contributed by atoms with van der Waals surface area (Å²) in [5, 5.41) is 9.53. The Balaban J connectivity index is 2.93. The van der Waals surface area contributed by atoms with Gasteiger partial charge in [0.05, 0.1) is 13.1 Å². The molecule has 0 fully saturated rings. The van der Waals surface area contributed by atoms with Crippen LogP contribution < -0.4 is 4.90 Å². The van der Waals surface area contributed by atoms with Crippen molar-refractivity contribution in [3.05, 3.63) is 24.3 Å². The lowest BCUT2D eigenvalue weighted by Crippen LogP contribution is -2.40. The van der Waals surface area contributed by atoms with Crippen LogP contribution in [0.2, 0.25) is 0 Å². The summed E-state index contributed by atoms with van der Waals surface area (Å²) >= 11 is 0. The molecular formula is C14H19NO5. The van der Waals surface area contributed by atoms with E-state index in [0.29, 0.717) is 18.3 Å². The second-order valence-electron chi connectivity index (χ2n) is 4.25. The number of phenols is 1. The number of aromatic hydroxyl groups is 1. The van der Waals surface area contributed by atoms with Crippen LogP contribution in [0.4, 0.5) is 5.69 Å². The Bertz CT molecular complexity index is 419. The van der Waals surface area contributed by atoms with E-state index >= 15 is 0 Å². The first-order valence-electron chi connectivity index (χ1n) is 6.14. The monoisotopic (exact) mass is 281 g/mol. The normalized spacial score (nSPS) is 13.5. The van der Waals surface area contributed by atoms with Gasteiger partial charge >= 0.3 is 0 Å². The van der Waals surface area contributed by atoms with Gasteiger partial charge in [-0.25, -0.2) is 0 Å². The molecule has 1 rings (SSSR count). The predicted octanol–water partition coefficient (Wildman–Crippen LogP) is 0.626. The van der Waals surface area contributed by atoms with Gasteiger partial charge in [-0.05, 0) is 12.1 Å². The summed E-state index contributed by atoms with van der Waals surface area (Å²) in [5.74, 6) is 0.104. The Hall–Kier alpha value is -1.92. The lowest BCUT2D eigenvalue weighted by molar-refractivity contribution is -0.116. The molecule has 6 nitrogen and oxygen atoms in total. The van der Waals surface area contributed by atoms with E-state index in [2.05, 4.69) is 0 Å². The summed E-state index contributed by atoms with van der Waals surface area (Å²) < 4.78 is 10.1. The molecule has 1 aromatic rings. The molecule has 0 aliphatic rings. The molecule has 0 spiro atoms. The minimum absolute atomic E-state index is 0.104. The van der Waals surface area contributed by atoms with E-state index in [-0.39, 0.29) is 18.8 Å². The molecule has 0 bridgehead atoms. The molecule has 2 unspecified atom stereocenters. The van der Waals surface area contributed by atoms with E-state index in [1.807, 2.05) is 0 Å². The number of phenolic OH excluding ortho intramolecular Hbond substituents is 1. The van der Waals surface area contributed by atoms with Gasteiger partial charge in [-0.1, -0.05) is 6.07 Å². The zero-order valence-electron chi connectivity index (χ0n) is 11.6. The number of hydrogen-bond acceptors (Lipinski definition) is 6. The van der Waals surface area contributed by atoms with Gasteiger partial charge in [0, 0.05) is 26.0 Å². The molecule has 0 aromatic heterocycles. The van der Waals surface area contributed by atoms with Crippen molar-refractivity contribution in [3.63, 3.8) is 0 Å². The summed E-state index contributed by atoms with van der Waals surface area (Å²) in [4.78, 5) is 23.5. The number of nitrogens with zero attached hydrogens (tertiary/aromatic N) is 1. The van der Waals surface area contributed by atoms with Gasteiger partial charge in [0.2, 0.25) is 0 Å². The fraction of sp³-hybridized carbons (Fsp3) is 0.429. The first-order chi connectivity index (χ1) is 9.64. The average Bonchev–Trinajstić information content (AvgIpc) is 2.48. The molecular weight excluding hydrogens is 262 g/mol. The number of rotatable bonds is 9. The van der Waals surface area contributed by atoms with Crippen molar-refractivity contribution in [2.45, 2.75) is 12.2 Å². The number of carbonyl (C=O) groups excluding carboxylic acids is 2. The van der Waals surface area contributed by atoms with Crippen molar-refractivity contribution in [1.29, 1.82) is 0 Å². The molecule has 20 heavy (non-hydrogen) atoms. The Morgan fingerprint density at radius 1 is 1.15 bits per heavy atom. The zero-order valence-corrected chi connectivity index (χ0v) is 11.6. The predicted molar refractivity (Wildman–Crippen MR) is 74.0 cm³/mol. The molecule has 0 amide bonds. The molecule has 0 saturated carbocycles. The molecule has 0 heterocycles. The van der Waals surface area contributed by atoms with Crippen LogP contribution in [0, 0.1) is 0 Å². The van der Waals surface area contributed by atoms with Gasteiger partial charge in [-0.2, -0.15) is 0 Å². The third kappa shape index (κ3) is 4.64. The summed E-state index contributed by atoms with van der Waals surface area (Å²) in [6.45, 7) is 0.522. The van der Waals surface area contributed by atoms with Gasteiger partial charge < -0.3 is 29.1 Å². The molecule has 2 atom stereocenters. The average molecular weight is 281 g/mol. The highest BCUT2D eigenvalue weighted by molar-refractivity contribution is 5.61. The first kappa shape index (κ1) is 16.1. The van der Waals surface area contributed by atoms with Gasteiger partial charge in [-0.15, -0.1) is 0 Å². The Morgan fingerprint density at radius 3 is 2.10 bits per heavy atom. The fourth-order valence-electron chi connectivity index (χ4n) is 1.76. The Kier molecular flexibility index (Phi) is 6.69. The molecule has 0 saturated heterocycles. The van der Waals surface area contributed by atoms with Crippen LogP contribution in [0.25, 0.3) is 0 Å². The van der Waals surface area contributed by atoms with Crippen LogP contribution in [-0.4, -0.2) is 57.2 Å². The largest absolute Gasteiger partial charge is 0.508 e. The molecule has 0 aliphatic carbocycles. The van der Waals surface area contributed by atoms with Crippen molar-refractivity contribution < 1.29 is 24.2 Å². The number of anilines is 1. The van der Waals surface area contributed by atoms with E-state index in [9.17, 15) is 14.7 Å². The first-order valence-corrected chi connectivity index (χ1v) is 6.14. The number of carbonyl (C=O) groups is 2. The van der Waals surface area contributed by atoms with Crippen molar-refractivity contribution in [2.75, 3.05) is 32.2 Å². The van der Waals surface area contributed by atoms with Crippen LogP contribution in [0.15, 0.2) is 24.3 Å². The smallest absolute Gasteiger partial charge is 0.150 e. The van der Waals surface area contributed by atoms with Crippen molar-refractivity contribution >= 4 is 18.3 Å². The number of aldehydes is 2. The van der Waals surface area contributed by atoms with Gasteiger partial charge in [-0.3, -0.25) is 0 Å². The maximum Gasteiger partial charge on any atom is 0.150 e. The van der Waals surface area contributed by atoms with E-state index in [1.165, 1.54) is 14.2 Å². The molecule has 1 aromatic carbocycles. The van der Waals surface area contributed by atoms with Gasteiger partial charge in [0.15, 0.2) is 12.6 Å². The zero-order chi connectivity index (χ0) is 15.0. The highest BCUT2D eigenvalue weighted by atomic mass is 16.5. The van der Waals surface area contributed by atoms with Crippen LogP contribution in [-0.2, 0) is 19.1 Å². The molecule has 110 valence electrons. The molecule has 0 radical (unpaired) electrons. The van der Waals surface area contributed by atoms with Crippen LogP contribution in [0.1, 0.15) is 0 Å². The van der Waals surface area contributed by atoms with Crippen LogP contribution >= 0.6 is 0 Å². The Morgan fingerprint density at radius 2 is 1.70 bits per heavy atom. The lowest BCUT2D eigenvalue weighted by atomic mass is 10.2. The van der Waals surface area contributed by atoms with Crippen LogP contribution in [0.3, 0.4) is 0 Å². The summed E-state index contributed by atoms with van der Waals surface area (Å²) in [5.41, 5.74) is 0.679. The summed E-state index contributed by atoms with van der Waals surface area (Å²) in [7, 11) is 2.88. The fourth-order valence-corrected chi connectivity index (χ4v) is 1.76. The van der Waals surface area contributed by atoms with Crippen molar-refractivity contribution in [3.8, 4) is 5.75 Å². The number of ether oxygens (including phenoxy) is 2. The highest BCUT2D eigenvalue weighted by Crippen LogP contribution is 2.20. The van der Waals surface area contributed by atoms with E-state index in [0.717, 1.165) is 0 Å². The standard InChI is InChI=1S/C14H19NO5/c1-19-13(9-16)7-15(8-14(10-17)20-2)11-4-3-5-12(18)6-11/h3-6,9-10,13-14,18H,7-8H2,1-2H3. The summed E-state index contributed by atoms with van der Waals surface area (Å²) in [6, 6.07) is 6.55. The molecule has 6 heteroatoms. The van der Waals surface area contributed by atoms with Gasteiger partial charge in [0.1, 0.15) is 18.0 Å². The van der Waals surface area contributed by atoms with E-state index < -0.39 is 12.2 Å². The lowest BCUT2D eigenvalue weighted by Gasteiger charge is -2.28. The van der Waals surface area contributed by atoms with Crippen molar-refractivity contribution in [2.24, 2.45) is 0 Å². The summed E-state index contributed by atoms with van der Waals surface area (Å²) in [6.07, 6.45) is 0.139. The SMILES string of the molecule is COC(C=O)CN(CC(C=O)OC)c1cccc(O)c1. The maximum absolute atomic E-state index is 10.9. The third-order valence-electron chi connectivity index (χ3n) is 2.90. The number of benzene rings is 1. The molecule has 0 aliphatic heterocycles. The second kappa shape index (κ2) is 8.29. The maximum atomic E-state index is 10.9. The molecule has 1 N–H and O–H groups in total. The highest BCUT2D eigenvalue weighted by Gasteiger charge is 2.18. The second-order valence-corrected chi connectivity index (χ2v) is 4.25. The third-order valence-corrected chi connectivity index (χ3v) is 2.90.